The van der Waals surface area contributed by atoms with Crippen molar-refractivity contribution in [1.82, 2.24) is 0 Å². The molecule has 0 spiro atoms. The normalized spacial score (nSPS) is 10.4. The third-order valence-corrected chi connectivity index (χ3v) is 3.11. The molecule has 4 heteroatoms. The van der Waals surface area contributed by atoms with Gasteiger partial charge in [0.1, 0.15) is 18.2 Å². The summed E-state index contributed by atoms with van der Waals surface area (Å²) in [6, 6.07) is 13.7. The van der Waals surface area contributed by atoms with Crippen LogP contribution in [-0.2, 0) is 6.61 Å². The number of hydrogen-bond donors (Lipinski definition) is 0. The van der Waals surface area contributed by atoms with Gasteiger partial charge in [0.05, 0.1) is 6.07 Å². The maximum atomic E-state index is 12.8. The molecule has 0 aliphatic rings. The number of nitriles is 1. The highest BCUT2D eigenvalue weighted by molar-refractivity contribution is 9.10. The highest BCUT2D eigenvalue weighted by Gasteiger charge is 2.03. The minimum absolute atomic E-state index is 0.268. The third kappa shape index (κ3) is 3.94. The molecule has 100 valence electrons. The third-order valence-electron chi connectivity index (χ3n) is 2.62. The summed E-state index contributed by atoms with van der Waals surface area (Å²) in [6.07, 6.45) is 3.08. The van der Waals surface area contributed by atoms with Crippen LogP contribution in [-0.4, -0.2) is 0 Å². The summed E-state index contributed by atoms with van der Waals surface area (Å²) in [4.78, 5) is 0. The largest absolute Gasteiger partial charge is 0.488 e. The predicted molar refractivity (Wildman–Crippen MR) is 79.5 cm³/mol. The Bertz CT molecular complexity index is 659. The maximum absolute atomic E-state index is 12.8. The average Bonchev–Trinajstić information content (AvgIpc) is 2.46. The van der Waals surface area contributed by atoms with Crippen LogP contribution in [0.1, 0.15) is 11.1 Å². The van der Waals surface area contributed by atoms with Gasteiger partial charge < -0.3 is 4.74 Å². The zero-order chi connectivity index (χ0) is 14.4. The second-order valence-corrected chi connectivity index (χ2v) is 4.98. The highest BCUT2D eigenvalue weighted by Crippen LogP contribution is 2.25. The van der Waals surface area contributed by atoms with Gasteiger partial charge in [-0.15, -0.1) is 0 Å². The Labute approximate surface area is 125 Å². The number of halogens is 2. The summed E-state index contributed by atoms with van der Waals surface area (Å²) in [5.74, 6) is 0.402. The Hall–Kier alpha value is -2.12. The van der Waals surface area contributed by atoms with Gasteiger partial charge in [-0.25, -0.2) is 4.39 Å². The minimum Gasteiger partial charge on any atom is -0.488 e. The first-order chi connectivity index (χ1) is 9.69. The molecule has 2 aromatic carbocycles. The van der Waals surface area contributed by atoms with E-state index in [0.717, 1.165) is 15.6 Å². The lowest BCUT2D eigenvalue weighted by atomic mass is 10.2. The van der Waals surface area contributed by atoms with Gasteiger partial charge in [-0.3, -0.25) is 0 Å². The molecule has 0 aromatic heterocycles. The van der Waals surface area contributed by atoms with Gasteiger partial charge in [0.15, 0.2) is 0 Å². The van der Waals surface area contributed by atoms with Gasteiger partial charge in [-0.2, -0.15) is 5.26 Å². The summed E-state index contributed by atoms with van der Waals surface area (Å²) in [5, 5.41) is 8.60. The molecular weight excluding hydrogens is 321 g/mol. The topological polar surface area (TPSA) is 33.0 Å². The van der Waals surface area contributed by atoms with Crippen molar-refractivity contribution in [2.24, 2.45) is 0 Å². The Balaban J connectivity index is 2.14. The molecule has 0 aliphatic heterocycles. The van der Waals surface area contributed by atoms with Crippen molar-refractivity contribution in [2.45, 2.75) is 6.61 Å². The van der Waals surface area contributed by atoms with Crippen LogP contribution in [0.2, 0.25) is 0 Å². The molecular formula is C16H11BrFNO. The van der Waals surface area contributed by atoms with Crippen LogP contribution in [0.25, 0.3) is 6.08 Å². The molecule has 0 unspecified atom stereocenters. The van der Waals surface area contributed by atoms with E-state index in [1.54, 1.807) is 18.2 Å². The van der Waals surface area contributed by atoms with Crippen LogP contribution in [0.5, 0.6) is 5.75 Å². The molecule has 20 heavy (non-hydrogen) atoms. The van der Waals surface area contributed by atoms with E-state index in [4.69, 9.17) is 10.00 Å². The molecule has 0 heterocycles. The van der Waals surface area contributed by atoms with Crippen LogP contribution < -0.4 is 4.74 Å². The summed E-state index contributed by atoms with van der Waals surface area (Å²) in [5.41, 5.74) is 1.69. The molecule has 0 aliphatic carbocycles. The molecule has 0 saturated carbocycles. The monoisotopic (exact) mass is 331 g/mol. The molecule has 0 radical (unpaired) electrons. The summed E-state index contributed by atoms with van der Waals surface area (Å²) >= 11 is 3.38. The molecule has 2 aromatic rings. The van der Waals surface area contributed by atoms with E-state index < -0.39 is 0 Å². The first kappa shape index (κ1) is 14.3. The van der Waals surface area contributed by atoms with Crippen LogP contribution in [0, 0.1) is 17.1 Å². The van der Waals surface area contributed by atoms with Crippen molar-refractivity contribution in [2.75, 3.05) is 0 Å². The minimum atomic E-state index is -0.268. The summed E-state index contributed by atoms with van der Waals surface area (Å²) in [6.45, 7) is 0.343. The molecule has 0 bridgehead atoms. The lowest BCUT2D eigenvalue weighted by Crippen LogP contribution is -1.97. The van der Waals surface area contributed by atoms with E-state index in [9.17, 15) is 4.39 Å². The van der Waals surface area contributed by atoms with Crippen LogP contribution in [0.15, 0.2) is 53.0 Å². The molecule has 2 rings (SSSR count). The second-order valence-electron chi connectivity index (χ2n) is 4.06. The van der Waals surface area contributed by atoms with Gasteiger partial charge in [0.2, 0.25) is 0 Å². The molecule has 0 amide bonds. The standard InChI is InChI=1S/C16H11BrFNO/c17-14-5-8-16(13(10-14)2-1-9-19)20-11-12-3-6-15(18)7-4-12/h1-8,10H,11H2/b2-1+. The SMILES string of the molecule is N#C/C=C/c1cc(Br)ccc1OCc1ccc(F)cc1. The Morgan fingerprint density at radius 3 is 2.65 bits per heavy atom. The molecule has 0 fully saturated rings. The van der Waals surface area contributed by atoms with E-state index in [-0.39, 0.29) is 5.82 Å². The highest BCUT2D eigenvalue weighted by atomic mass is 79.9. The van der Waals surface area contributed by atoms with Crippen molar-refractivity contribution >= 4 is 22.0 Å². The lowest BCUT2D eigenvalue weighted by Gasteiger charge is -2.09. The first-order valence-corrected chi connectivity index (χ1v) is 6.71. The van der Waals surface area contributed by atoms with Gasteiger partial charge in [-0.1, -0.05) is 28.1 Å². The van der Waals surface area contributed by atoms with E-state index >= 15 is 0 Å². The molecule has 0 N–H and O–H groups in total. The molecule has 0 saturated heterocycles. The van der Waals surface area contributed by atoms with Crippen molar-refractivity contribution in [1.29, 1.82) is 5.26 Å². The van der Waals surface area contributed by atoms with E-state index in [1.165, 1.54) is 18.2 Å². The fourth-order valence-corrected chi connectivity index (χ4v) is 2.03. The van der Waals surface area contributed by atoms with Gasteiger partial charge in [0.25, 0.3) is 0 Å². The fraction of sp³-hybridized carbons (Fsp3) is 0.0625. The zero-order valence-corrected chi connectivity index (χ0v) is 12.1. The summed E-state index contributed by atoms with van der Waals surface area (Å²) in [7, 11) is 0. The van der Waals surface area contributed by atoms with Gasteiger partial charge in [0, 0.05) is 16.1 Å². The predicted octanol–water partition coefficient (Wildman–Crippen LogP) is 4.70. The van der Waals surface area contributed by atoms with E-state index in [2.05, 4.69) is 15.9 Å². The summed E-state index contributed by atoms with van der Waals surface area (Å²) < 4.78 is 19.4. The van der Waals surface area contributed by atoms with Gasteiger partial charge >= 0.3 is 0 Å². The second kappa shape index (κ2) is 6.88. The number of allylic oxidation sites excluding steroid dienone is 1. The number of benzene rings is 2. The van der Waals surface area contributed by atoms with Crippen molar-refractivity contribution in [3.8, 4) is 11.8 Å². The average molecular weight is 332 g/mol. The zero-order valence-electron chi connectivity index (χ0n) is 10.5. The van der Waals surface area contributed by atoms with E-state index in [0.29, 0.717) is 12.4 Å². The fourth-order valence-electron chi connectivity index (χ4n) is 1.65. The Morgan fingerprint density at radius 2 is 1.95 bits per heavy atom. The quantitative estimate of drug-likeness (QED) is 0.760. The molecule has 0 atom stereocenters. The molecule has 2 nitrogen and oxygen atoms in total. The number of hydrogen-bond acceptors (Lipinski definition) is 2. The number of ether oxygens (including phenoxy) is 1. The van der Waals surface area contributed by atoms with Crippen LogP contribution in [0.4, 0.5) is 4.39 Å². The first-order valence-electron chi connectivity index (χ1n) is 5.92. The van der Waals surface area contributed by atoms with Crippen LogP contribution >= 0.6 is 15.9 Å². The van der Waals surface area contributed by atoms with Crippen LogP contribution in [0.3, 0.4) is 0 Å². The maximum Gasteiger partial charge on any atom is 0.127 e. The lowest BCUT2D eigenvalue weighted by molar-refractivity contribution is 0.305. The van der Waals surface area contributed by atoms with Crippen molar-refractivity contribution < 1.29 is 9.13 Å². The van der Waals surface area contributed by atoms with Crippen molar-refractivity contribution in [3.05, 3.63) is 70.0 Å². The van der Waals surface area contributed by atoms with Crippen molar-refractivity contribution in [3.63, 3.8) is 0 Å². The van der Waals surface area contributed by atoms with Gasteiger partial charge in [-0.05, 0) is 42.0 Å². The number of rotatable bonds is 4. The number of nitrogens with zero attached hydrogens (tertiary/aromatic N) is 1. The smallest absolute Gasteiger partial charge is 0.127 e. The Kier molecular flexibility index (Phi) is 4.91. The van der Waals surface area contributed by atoms with E-state index in [1.807, 2.05) is 24.3 Å². The Morgan fingerprint density at radius 1 is 1.20 bits per heavy atom.